The Hall–Kier alpha value is -0.700. The van der Waals surface area contributed by atoms with Crippen LogP contribution in [0.4, 0.5) is 0 Å². The van der Waals surface area contributed by atoms with Crippen molar-refractivity contribution in [1.29, 1.82) is 0 Å². The highest BCUT2D eigenvalue weighted by Crippen LogP contribution is 2.76. The minimum atomic E-state index is -1.57. The third-order valence-electron chi connectivity index (χ3n) is 14.5. The van der Waals surface area contributed by atoms with Crippen molar-refractivity contribution in [3.05, 3.63) is 12.2 Å². The largest absolute Gasteiger partial charge is 0.394 e. The average Bonchev–Trinajstić information content (AvgIpc) is 3.37. The molecule has 0 amide bonds. The smallest absolute Gasteiger partial charge is 0.186 e. The maximum atomic E-state index is 12.1. The molecule has 5 aliphatic rings. The molecule has 11 nitrogen and oxygen atoms in total. The number of rotatable bonds is 8. The van der Waals surface area contributed by atoms with E-state index in [0.29, 0.717) is 25.7 Å². The summed E-state index contributed by atoms with van der Waals surface area (Å²) in [6.07, 6.45) is -0.952. The van der Waals surface area contributed by atoms with E-state index in [-0.39, 0.29) is 34.5 Å². The summed E-state index contributed by atoms with van der Waals surface area (Å²) in [6, 6.07) is 0. The Labute approximate surface area is 279 Å². The first-order valence-electron chi connectivity index (χ1n) is 17.7. The van der Waals surface area contributed by atoms with Crippen LogP contribution < -0.4 is 0 Å². The summed E-state index contributed by atoms with van der Waals surface area (Å²) in [7, 11) is 0. The molecule has 47 heavy (non-hydrogen) atoms. The van der Waals surface area contributed by atoms with Crippen LogP contribution >= 0.6 is 0 Å². The Kier molecular flexibility index (Phi) is 10.00. The van der Waals surface area contributed by atoms with Crippen molar-refractivity contribution in [1.82, 2.24) is 0 Å². The first kappa shape index (κ1) is 37.6. The number of ether oxygens (including phenoxy) is 2. The summed E-state index contributed by atoms with van der Waals surface area (Å²) in [5.41, 5.74) is -3.76. The second kappa shape index (κ2) is 12.5. The number of fused-ring (bicyclic) bond motifs is 5. The molecule has 0 aromatic heterocycles. The number of hydrogen-bond donors (Lipinski definition) is 8. The van der Waals surface area contributed by atoms with Crippen molar-refractivity contribution in [3.63, 3.8) is 0 Å². The Balaban J connectivity index is 1.53. The number of aliphatic hydroxyl groups is 7. The van der Waals surface area contributed by atoms with Gasteiger partial charge in [0.05, 0.1) is 30.5 Å². The van der Waals surface area contributed by atoms with Gasteiger partial charge in [-0.2, -0.15) is 0 Å². The van der Waals surface area contributed by atoms with Gasteiger partial charge in [-0.1, -0.05) is 46.8 Å². The van der Waals surface area contributed by atoms with E-state index in [1.54, 1.807) is 19.9 Å². The third kappa shape index (κ3) is 5.87. The molecule has 1 saturated heterocycles. The Bertz CT molecular complexity index is 1160. The van der Waals surface area contributed by atoms with Gasteiger partial charge in [0.25, 0.3) is 0 Å². The summed E-state index contributed by atoms with van der Waals surface area (Å²) in [5, 5.41) is 86.5. The molecule has 1 heterocycles. The highest BCUT2D eigenvalue weighted by Gasteiger charge is 2.73. The molecule has 0 radical (unpaired) electrons. The molecule has 0 aromatic rings. The predicted octanol–water partition coefficient (Wildman–Crippen LogP) is 2.76. The fraction of sp³-hybridized carbons (Fsp3) is 0.944. The molecular formula is C36H62O11. The van der Waals surface area contributed by atoms with Gasteiger partial charge in [-0.15, -0.1) is 0 Å². The van der Waals surface area contributed by atoms with E-state index in [1.165, 1.54) is 0 Å². The zero-order valence-corrected chi connectivity index (χ0v) is 29.5. The lowest BCUT2D eigenvalue weighted by Crippen LogP contribution is -2.71. The van der Waals surface area contributed by atoms with Gasteiger partial charge in [-0.25, -0.2) is 4.89 Å². The summed E-state index contributed by atoms with van der Waals surface area (Å²) in [6.45, 7) is 15.6. The van der Waals surface area contributed by atoms with E-state index >= 15 is 0 Å². The molecule has 272 valence electrons. The van der Waals surface area contributed by atoms with Crippen LogP contribution in [0.15, 0.2) is 12.2 Å². The van der Waals surface area contributed by atoms with Crippen LogP contribution in [-0.4, -0.2) is 108 Å². The predicted molar refractivity (Wildman–Crippen MR) is 173 cm³/mol. The molecule has 16 atom stereocenters. The second-order valence-electron chi connectivity index (χ2n) is 18.0. The van der Waals surface area contributed by atoms with Crippen LogP contribution in [0.5, 0.6) is 0 Å². The molecule has 0 unspecified atom stereocenters. The molecule has 8 N–H and O–H groups in total. The molecule has 0 bridgehead atoms. The van der Waals surface area contributed by atoms with Crippen molar-refractivity contribution >= 4 is 0 Å². The summed E-state index contributed by atoms with van der Waals surface area (Å²) in [5.74, 6) is -0.518. The van der Waals surface area contributed by atoms with Crippen LogP contribution in [-0.2, 0) is 14.4 Å². The Morgan fingerprint density at radius 3 is 2.17 bits per heavy atom. The van der Waals surface area contributed by atoms with E-state index in [0.717, 1.165) is 19.3 Å². The first-order valence-corrected chi connectivity index (χ1v) is 17.7. The lowest BCUT2D eigenvalue weighted by molar-refractivity contribution is -0.346. The summed E-state index contributed by atoms with van der Waals surface area (Å²) in [4.78, 5) is 4.54. The fourth-order valence-electron chi connectivity index (χ4n) is 11.8. The molecule has 5 rings (SSSR count). The topological polar surface area (TPSA) is 190 Å². The monoisotopic (exact) mass is 670 g/mol. The van der Waals surface area contributed by atoms with Gasteiger partial charge < -0.3 is 45.2 Å². The molecule has 4 aliphatic carbocycles. The minimum Gasteiger partial charge on any atom is -0.394 e. The maximum Gasteiger partial charge on any atom is 0.186 e. The van der Waals surface area contributed by atoms with Gasteiger partial charge in [0.15, 0.2) is 6.29 Å². The van der Waals surface area contributed by atoms with E-state index in [1.807, 2.05) is 13.0 Å². The molecule has 5 fully saturated rings. The van der Waals surface area contributed by atoms with Gasteiger partial charge >= 0.3 is 0 Å². The zero-order valence-electron chi connectivity index (χ0n) is 29.5. The van der Waals surface area contributed by atoms with E-state index in [4.69, 9.17) is 9.47 Å². The zero-order chi connectivity index (χ0) is 35.1. The van der Waals surface area contributed by atoms with Gasteiger partial charge in [-0.3, -0.25) is 5.26 Å². The summed E-state index contributed by atoms with van der Waals surface area (Å²) < 4.78 is 12.6. The Morgan fingerprint density at radius 2 is 1.55 bits per heavy atom. The van der Waals surface area contributed by atoms with E-state index in [9.17, 15) is 41.0 Å². The van der Waals surface area contributed by atoms with Crippen molar-refractivity contribution < 1.29 is 55.4 Å². The molecule has 0 spiro atoms. The Morgan fingerprint density at radius 1 is 0.894 bits per heavy atom. The lowest BCUT2D eigenvalue weighted by atomic mass is 9.34. The van der Waals surface area contributed by atoms with Gasteiger partial charge in [-0.05, 0) is 111 Å². The van der Waals surface area contributed by atoms with Gasteiger partial charge in [0, 0.05) is 0 Å². The standard InChI is InChI=1S/C36H62O11/c1-31(2,47-44)12-9-13-36(8,43)19-10-15-34(6)25(19)20(38)16-23-33(5)14-11-24(39)32(3,4)29(33)21(17-35(23,34)7)45-30-28(42)27(41)26(40)22(18-37)46-30/h9,12,19-30,37-44H,10-11,13-18H2,1-8H3/b12-9+/t19-,20+,21-,22+,23+,24-,25-,26+,27-,28+,29-,30+,33+,34+,35+,36+/m0/s1. The highest BCUT2D eigenvalue weighted by molar-refractivity contribution is 5.22. The second-order valence-corrected chi connectivity index (χ2v) is 18.0. The molecule has 1 aliphatic heterocycles. The quantitative estimate of drug-likeness (QED) is 0.0821. The molecular weight excluding hydrogens is 608 g/mol. The fourth-order valence-corrected chi connectivity index (χ4v) is 11.8. The SMILES string of the molecule is CC(C)(/C=C/C[C@@](C)(O)[C@H]1CC[C@]2(C)[C@@H]1[C@H](O)C[C@@H]1[C@@]3(C)CC[C@H](O)C(C)(C)[C@@H]3[C@@H](O[C@@H]3O[C@H](CO)[C@@H](O)[C@H](O)[C@H]3O)C[C@]12C)OO. The van der Waals surface area contributed by atoms with Crippen LogP contribution in [0.1, 0.15) is 100 Å². The van der Waals surface area contributed by atoms with Crippen molar-refractivity contribution in [2.75, 3.05) is 6.61 Å². The highest BCUT2D eigenvalue weighted by atomic mass is 17.1. The van der Waals surface area contributed by atoms with Crippen molar-refractivity contribution in [2.24, 2.45) is 45.3 Å². The van der Waals surface area contributed by atoms with Crippen molar-refractivity contribution in [2.45, 2.75) is 161 Å². The van der Waals surface area contributed by atoms with E-state index in [2.05, 4.69) is 39.5 Å². The average molecular weight is 671 g/mol. The van der Waals surface area contributed by atoms with E-state index < -0.39 is 77.7 Å². The molecule has 11 heteroatoms. The lowest BCUT2D eigenvalue weighted by Gasteiger charge is -2.72. The van der Waals surface area contributed by atoms with Gasteiger partial charge in [0.2, 0.25) is 0 Å². The van der Waals surface area contributed by atoms with Gasteiger partial charge in [0.1, 0.15) is 30.0 Å². The van der Waals surface area contributed by atoms with Crippen LogP contribution in [0.3, 0.4) is 0 Å². The number of hydrogen-bond acceptors (Lipinski definition) is 11. The summed E-state index contributed by atoms with van der Waals surface area (Å²) >= 11 is 0. The first-order chi connectivity index (χ1) is 21.6. The minimum absolute atomic E-state index is 0.0729. The van der Waals surface area contributed by atoms with Crippen LogP contribution in [0.2, 0.25) is 0 Å². The maximum absolute atomic E-state index is 12.1. The third-order valence-corrected chi connectivity index (χ3v) is 14.5. The molecule has 4 saturated carbocycles. The van der Waals surface area contributed by atoms with Crippen molar-refractivity contribution in [3.8, 4) is 0 Å². The normalized spacial score (nSPS) is 51.2. The number of aliphatic hydroxyl groups excluding tert-OH is 6. The van der Waals surface area contributed by atoms with Crippen LogP contribution in [0.25, 0.3) is 0 Å². The van der Waals surface area contributed by atoms with Crippen LogP contribution in [0, 0.1) is 45.3 Å². The molecule has 0 aromatic carbocycles.